The minimum atomic E-state index is -0.512. The fourth-order valence-electron chi connectivity index (χ4n) is 10.1. The van der Waals surface area contributed by atoms with E-state index in [0.717, 1.165) is 38.7 Å². The summed E-state index contributed by atoms with van der Waals surface area (Å²) in [5, 5.41) is 5.97. The van der Waals surface area contributed by atoms with E-state index in [1.165, 1.54) is 61.4 Å². The first kappa shape index (κ1) is 34.3. The van der Waals surface area contributed by atoms with Gasteiger partial charge in [0, 0.05) is 10.9 Å². The summed E-state index contributed by atoms with van der Waals surface area (Å²) in [5.74, 6) is 0. The molecule has 1 atom stereocenters. The highest BCUT2D eigenvalue weighted by Crippen LogP contribution is 2.63. The molecule has 1 spiro atoms. The van der Waals surface area contributed by atoms with Gasteiger partial charge in [0.1, 0.15) is 6.17 Å². The predicted octanol–water partition coefficient (Wildman–Crippen LogP) is 12.2. The monoisotopic (exact) mass is 765 g/mol. The van der Waals surface area contributed by atoms with Crippen molar-refractivity contribution in [2.45, 2.75) is 11.6 Å². The van der Waals surface area contributed by atoms with Crippen molar-refractivity contribution < 1.29 is 0 Å². The normalized spacial score (nSPS) is 15.2. The zero-order chi connectivity index (χ0) is 39.6. The van der Waals surface area contributed by atoms with Crippen LogP contribution in [0.25, 0.3) is 39.1 Å². The third kappa shape index (κ3) is 5.19. The van der Waals surface area contributed by atoms with Crippen LogP contribution in [0, 0.1) is 0 Å². The summed E-state index contributed by atoms with van der Waals surface area (Å²) in [5.41, 5.74) is 18.9. The summed E-state index contributed by atoms with van der Waals surface area (Å²) < 4.78 is 0. The molecule has 0 bridgehead atoms. The minimum Gasteiger partial charge on any atom is -0.359 e. The number of anilines is 3. The van der Waals surface area contributed by atoms with Crippen LogP contribution in [-0.2, 0) is 5.41 Å². The van der Waals surface area contributed by atoms with Crippen LogP contribution in [0.4, 0.5) is 17.1 Å². The molecule has 60 heavy (non-hydrogen) atoms. The highest BCUT2D eigenvalue weighted by molar-refractivity contribution is 5.96. The van der Waals surface area contributed by atoms with Crippen molar-refractivity contribution in [1.82, 2.24) is 5.32 Å². The van der Waals surface area contributed by atoms with Gasteiger partial charge in [-0.3, -0.25) is 4.99 Å². The summed E-state index contributed by atoms with van der Waals surface area (Å²) in [4.78, 5) is 7.73. The molecular formula is C57H39N3. The number of rotatable bonds is 5. The fraction of sp³-hybridized carbons (Fsp3) is 0.0351. The Balaban J connectivity index is 0.981. The summed E-state index contributed by atoms with van der Waals surface area (Å²) in [6.45, 7) is 0. The molecule has 3 nitrogen and oxygen atoms in total. The molecule has 1 unspecified atom stereocenters. The molecule has 9 aromatic carbocycles. The molecule has 1 aliphatic carbocycles. The fourth-order valence-corrected chi connectivity index (χ4v) is 10.1. The van der Waals surface area contributed by atoms with Crippen LogP contribution in [0.3, 0.4) is 0 Å². The first-order valence-corrected chi connectivity index (χ1v) is 20.7. The average Bonchev–Trinajstić information content (AvgIpc) is 3.62. The second kappa shape index (κ2) is 13.7. The van der Waals surface area contributed by atoms with Crippen LogP contribution in [0.1, 0.15) is 39.5 Å². The molecule has 0 saturated carbocycles. The zero-order valence-corrected chi connectivity index (χ0v) is 32.8. The third-order valence-corrected chi connectivity index (χ3v) is 12.7. The minimum absolute atomic E-state index is 0.255. The highest BCUT2D eigenvalue weighted by Gasteiger charge is 2.51. The Labute approximate surface area is 349 Å². The number of hydrogen-bond acceptors (Lipinski definition) is 3. The molecule has 1 N–H and O–H groups in total. The predicted molar refractivity (Wildman–Crippen MR) is 245 cm³/mol. The largest absolute Gasteiger partial charge is 0.359 e. The Kier molecular flexibility index (Phi) is 7.82. The Morgan fingerprint density at radius 1 is 0.400 bits per heavy atom. The second-order valence-corrected chi connectivity index (χ2v) is 15.9. The smallest absolute Gasteiger partial charge is 0.145 e. The van der Waals surface area contributed by atoms with Crippen molar-refractivity contribution in [2.24, 2.45) is 4.99 Å². The van der Waals surface area contributed by atoms with Crippen LogP contribution < -0.4 is 20.8 Å². The van der Waals surface area contributed by atoms with Gasteiger partial charge >= 0.3 is 0 Å². The molecule has 0 saturated heterocycles. The van der Waals surface area contributed by atoms with E-state index in [1.807, 2.05) is 0 Å². The molecular weight excluding hydrogens is 727 g/mol. The Morgan fingerprint density at radius 3 is 1.72 bits per heavy atom. The number of nitrogens with one attached hydrogen (secondary N) is 1. The van der Waals surface area contributed by atoms with Crippen molar-refractivity contribution >= 4 is 22.8 Å². The molecule has 2 aliphatic heterocycles. The number of nitrogens with zero attached hydrogens (tertiary/aromatic N) is 2. The maximum Gasteiger partial charge on any atom is 0.145 e. The van der Waals surface area contributed by atoms with Crippen molar-refractivity contribution in [3.05, 3.63) is 268 Å². The SMILES string of the molecule is c1ccc(-c2ccc(C3=c4ccccc4=NC(c4cccc(-c5ccc6c(c5)C5(c7ccccc7-6)c6ccccc6N(c6ccccc6)c6ccccc65)c4)N3)cc2)cc1. The molecule has 282 valence electrons. The van der Waals surface area contributed by atoms with Gasteiger partial charge in [-0.15, -0.1) is 0 Å². The Hall–Kier alpha value is -7.75. The first-order chi connectivity index (χ1) is 29.8. The molecule has 0 fully saturated rings. The van der Waals surface area contributed by atoms with Crippen LogP contribution in [0.15, 0.2) is 229 Å². The van der Waals surface area contributed by atoms with Crippen LogP contribution >= 0.6 is 0 Å². The van der Waals surface area contributed by atoms with Gasteiger partial charge in [0.2, 0.25) is 0 Å². The maximum atomic E-state index is 5.29. The molecule has 0 aromatic heterocycles. The van der Waals surface area contributed by atoms with Crippen molar-refractivity contribution in [3.8, 4) is 33.4 Å². The van der Waals surface area contributed by atoms with Crippen LogP contribution in [0.2, 0.25) is 0 Å². The van der Waals surface area contributed by atoms with Gasteiger partial charge in [-0.05, 0) is 109 Å². The van der Waals surface area contributed by atoms with E-state index >= 15 is 0 Å². The van der Waals surface area contributed by atoms with Gasteiger partial charge in [-0.1, -0.05) is 182 Å². The third-order valence-electron chi connectivity index (χ3n) is 12.7. The lowest BCUT2D eigenvalue weighted by Gasteiger charge is -2.45. The summed E-state index contributed by atoms with van der Waals surface area (Å²) >= 11 is 0. The maximum absolute atomic E-state index is 5.29. The van der Waals surface area contributed by atoms with E-state index in [1.54, 1.807) is 0 Å². The van der Waals surface area contributed by atoms with Crippen LogP contribution in [0.5, 0.6) is 0 Å². The summed E-state index contributed by atoms with van der Waals surface area (Å²) in [6.07, 6.45) is -0.255. The summed E-state index contributed by atoms with van der Waals surface area (Å²) in [7, 11) is 0. The lowest BCUT2D eigenvalue weighted by atomic mass is 9.64. The number of hydrogen-bond donors (Lipinski definition) is 1. The van der Waals surface area contributed by atoms with Gasteiger partial charge in [0.15, 0.2) is 0 Å². The number of benzene rings is 9. The zero-order valence-electron chi connectivity index (χ0n) is 32.8. The lowest BCUT2D eigenvalue weighted by Crippen LogP contribution is -2.39. The molecule has 3 heteroatoms. The van der Waals surface area contributed by atoms with Crippen LogP contribution in [-0.4, -0.2) is 0 Å². The van der Waals surface area contributed by atoms with E-state index in [2.05, 4.69) is 235 Å². The average molecular weight is 766 g/mol. The van der Waals surface area contributed by atoms with Crippen molar-refractivity contribution in [1.29, 1.82) is 0 Å². The Morgan fingerprint density at radius 2 is 0.950 bits per heavy atom. The first-order valence-electron chi connectivity index (χ1n) is 20.7. The Bertz CT molecular complexity index is 3190. The van der Waals surface area contributed by atoms with Gasteiger partial charge in [-0.2, -0.15) is 0 Å². The lowest BCUT2D eigenvalue weighted by molar-refractivity contribution is 0.634. The highest BCUT2D eigenvalue weighted by atomic mass is 15.2. The van der Waals surface area contributed by atoms with E-state index in [9.17, 15) is 0 Å². The summed E-state index contributed by atoms with van der Waals surface area (Å²) in [6, 6.07) is 81.7. The standard InChI is InChI=1S/C57H39N3/c1-3-16-38(17-4-1)39-30-32-40(33-31-39)55-47-23-8-12-27-52(47)58-56(59-55)43-19-15-18-41(36-43)42-34-35-46-45-22-7-9-24-48(45)57(51(46)37-42)49-25-10-13-28-53(49)60(44-20-5-2-6-21-44)54-29-14-11-26-50(54)57/h1-37,56,59H. The second-order valence-electron chi connectivity index (χ2n) is 15.9. The van der Waals surface area contributed by atoms with Gasteiger partial charge in [-0.25, -0.2) is 0 Å². The van der Waals surface area contributed by atoms with Crippen molar-refractivity contribution in [2.75, 3.05) is 4.90 Å². The molecule has 9 aromatic rings. The van der Waals surface area contributed by atoms with E-state index < -0.39 is 5.41 Å². The topological polar surface area (TPSA) is 27.6 Å². The van der Waals surface area contributed by atoms with E-state index in [0.29, 0.717) is 0 Å². The van der Waals surface area contributed by atoms with E-state index in [4.69, 9.17) is 4.99 Å². The number of fused-ring (bicyclic) bond motifs is 10. The molecule has 2 heterocycles. The van der Waals surface area contributed by atoms with Gasteiger partial charge in [0.05, 0.1) is 27.8 Å². The van der Waals surface area contributed by atoms with Crippen molar-refractivity contribution in [3.63, 3.8) is 0 Å². The molecule has 12 rings (SSSR count). The van der Waals surface area contributed by atoms with Gasteiger partial charge in [0.25, 0.3) is 0 Å². The molecule has 3 aliphatic rings. The molecule has 0 amide bonds. The van der Waals surface area contributed by atoms with E-state index in [-0.39, 0.29) is 6.17 Å². The van der Waals surface area contributed by atoms with Gasteiger partial charge < -0.3 is 10.2 Å². The quantitative estimate of drug-likeness (QED) is 0.189. The molecule has 0 radical (unpaired) electrons. The number of para-hydroxylation sites is 4.